The summed E-state index contributed by atoms with van der Waals surface area (Å²) in [5.74, 6) is 0. The molecule has 0 aromatic heterocycles. The van der Waals surface area contributed by atoms with Gasteiger partial charge in [0, 0.05) is 18.8 Å². The van der Waals surface area contributed by atoms with Crippen molar-refractivity contribution in [2.24, 2.45) is 0 Å². The Morgan fingerprint density at radius 2 is 1.88 bits per heavy atom. The molecule has 1 fully saturated rings. The number of ether oxygens (including phenoxy) is 1. The van der Waals surface area contributed by atoms with Crippen LogP contribution in [0.3, 0.4) is 0 Å². The van der Waals surface area contributed by atoms with Crippen LogP contribution in [0.5, 0.6) is 0 Å². The molecule has 2 rings (SSSR count). The van der Waals surface area contributed by atoms with Gasteiger partial charge >= 0.3 is 7.12 Å². The second-order valence-electron chi connectivity index (χ2n) is 3.57. The Hall–Kier alpha value is -0.745. The van der Waals surface area contributed by atoms with Gasteiger partial charge in [0.15, 0.2) is 0 Å². The standard InChI is InChI=1S/C10H14BNO3.ClH/c13-11(14)9-2-1-3-10(8-9)12-4-6-15-7-5-12;/h1-3,8,13-14H,4-7H2;1H. The molecular formula is C10H15BClNO3. The average Bonchev–Trinajstić information content (AvgIpc) is 2.30. The van der Waals surface area contributed by atoms with Gasteiger partial charge in [-0.15, -0.1) is 12.4 Å². The SMILES string of the molecule is Cl.OB(O)c1cccc(N2CCOCC2)c1. The summed E-state index contributed by atoms with van der Waals surface area (Å²) >= 11 is 0. The van der Waals surface area contributed by atoms with Crippen LogP contribution in [-0.4, -0.2) is 43.5 Å². The normalized spacial score (nSPS) is 15.5. The molecule has 0 radical (unpaired) electrons. The number of benzene rings is 1. The number of anilines is 1. The number of hydrogen-bond acceptors (Lipinski definition) is 4. The molecule has 2 N–H and O–H groups in total. The summed E-state index contributed by atoms with van der Waals surface area (Å²) in [6.45, 7) is 3.16. The minimum Gasteiger partial charge on any atom is -0.423 e. The van der Waals surface area contributed by atoms with Crippen LogP contribution in [0.4, 0.5) is 5.69 Å². The Morgan fingerprint density at radius 3 is 2.50 bits per heavy atom. The first-order chi connectivity index (χ1) is 7.27. The van der Waals surface area contributed by atoms with Crippen LogP contribution >= 0.6 is 12.4 Å². The number of hydrogen-bond donors (Lipinski definition) is 2. The van der Waals surface area contributed by atoms with E-state index in [1.807, 2.05) is 12.1 Å². The van der Waals surface area contributed by atoms with E-state index >= 15 is 0 Å². The van der Waals surface area contributed by atoms with Crippen LogP contribution in [0.25, 0.3) is 0 Å². The second-order valence-corrected chi connectivity index (χ2v) is 3.57. The zero-order valence-corrected chi connectivity index (χ0v) is 9.69. The fourth-order valence-electron chi connectivity index (χ4n) is 1.70. The van der Waals surface area contributed by atoms with Crippen LogP contribution in [-0.2, 0) is 4.74 Å². The third-order valence-corrected chi connectivity index (χ3v) is 2.54. The van der Waals surface area contributed by atoms with Crippen molar-refractivity contribution in [1.29, 1.82) is 0 Å². The van der Waals surface area contributed by atoms with Crippen LogP contribution < -0.4 is 10.4 Å². The molecule has 0 aliphatic carbocycles. The summed E-state index contributed by atoms with van der Waals surface area (Å²) in [5, 5.41) is 18.1. The van der Waals surface area contributed by atoms with E-state index in [9.17, 15) is 0 Å². The van der Waals surface area contributed by atoms with E-state index in [0.29, 0.717) is 5.46 Å². The minimum absolute atomic E-state index is 0. The lowest BCUT2D eigenvalue weighted by Crippen LogP contribution is -2.37. The van der Waals surface area contributed by atoms with Crippen LogP contribution in [0.15, 0.2) is 24.3 Å². The molecule has 6 heteroatoms. The molecule has 0 bridgehead atoms. The topological polar surface area (TPSA) is 52.9 Å². The average molecular weight is 243 g/mol. The summed E-state index contributed by atoms with van der Waals surface area (Å²) in [7, 11) is -1.40. The molecule has 1 heterocycles. The summed E-state index contributed by atoms with van der Waals surface area (Å²) in [6, 6.07) is 7.31. The van der Waals surface area contributed by atoms with Crippen molar-refractivity contribution in [2.45, 2.75) is 0 Å². The second kappa shape index (κ2) is 6.10. The number of nitrogens with zero attached hydrogens (tertiary/aromatic N) is 1. The Morgan fingerprint density at radius 1 is 1.19 bits per heavy atom. The molecule has 0 spiro atoms. The lowest BCUT2D eigenvalue weighted by atomic mass is 9.80. The molecule has 1 saturated heterocycles. The third-order valence-electron chi connectivity index (χ3n) is 2.54. The van der Waals surface area contributed by atoms with Gasteiger partial charge in [0.1, 0.15) is 0 Å². The quantitative estimate of drug-likeness (QED) is 0.696. The van der Waals surface area contributed by atoms with Crippen molar-refractivity contribution >= 4 is 30.7 Å². The monoisotopic (exact) mass is 243 g/mol. The first-order valence-electron chi connectivity index (χ1n) is 5.06. The Balaban J connectivity index is 0.00000128. The molecule has 1 aromatic rings. The van der Waals surface area contributed by atoms with Crippen molar-refractivity contribution in [2.75, 3.05) is 31.2 Å². The fraction of sp³-hybridized carbons (Fsp3) is 0.400. The predicted molar refractivity (Wildman–Crippen MR) is 66.5 cm³/mol. The molecule has 88 valence electrons. The van der Waals surface area contributed by atoms with E-state index in [0.717, 1.165) is 32.0 Å². The molecule has 1 aromatic carbocycles. The van der Waals surface area contributed by atoms with E-state index in [1.165, 1.54) is 0 Å². The van der Waals surface area contributed by atoms with Crippen LogP contribution in [0.2, 0.25) is 0 Å². The third kappa shape index (κ3) is 3.12. The highest BCUT2D eigenvalue weighted by Gasteiger charge is 2.15. The van der Waals surface area contributed by atoms with Crippen LogP contribution in [0.1, 0.15) is 0 Å². The van der Waals surface area contributed by atoms with Crippen LogP contribution in [0, 0.1) is 0 Å². The summed E-state index contributed by atoms with van der Waals surface area (Å²) in [5.41, 5.74) is 1.54. The fourth-order valence-corrected chi connectivity index (χ4v) is 1.70. The van der Waals surface area contributed by atoms with Crippen molar-refractivity contribution in [1.82, 2.24) is 0 Å². The maximum Gasteiger partial charge on any atom is 0.488 e. The van der Waals surface area contributed by atoms with Gasteiger partial charge in [-0.1, -0.05) is 12.1 Å². The zero-order valence-electron chi connectivity index (χ0n) is 8.87. The molecule has 0 saturated carbocycles. The smallest absolute Gasteiger partial charge is 0.423 e. The highest BCUT2D eigenvalue weighted by molar-refractivity contribution is 6.58. The van der Waals surface area contributed by atoms with Gasteiger partial charge in [-0.2, -0.15) is 0 Å². The van der Waals surface area contributed by atoms with Gasteiger partial charge in [0.2, 0.25) is 0 Å². The molecule has 1 aliphatic heterocycles. The molecule has 0 amide bonds. The van der Waals surface area contributed by atoms with E-state index in [2.05, 4.69) is 4.90 Å². The Kier molecular flexibility index (Phi) is 5.08. The van der Waals surface area contributed by atoms with Crippen molar-refractivity contribution in [3.63, 3.8) is 0 Å². The van der Waals surface area contributed by atoms with Crippen molar-refractivity contribution < 1.29 is 14.8 Å². The molecule has 4 nitrogen and oxygen atoms in total. The zero-order chi connectivity index (χ0) is 10.7. The van der Waals surface area contributed by atoms with Gasteiger partial charge in [-0.25, -0.2) is 0 Å². The van der Waals surface area contributed by atoms with Crippen molar-refractivity contribution in [3.8, 4) is 0 Å². The van der Waals surface area contributed by atoms with Gasteiger partial charge in [0.05, 0.1) is 13.2 Å². The summed E-state index contributed by atoms with van der Waals surface area (Å²) < 4.78 is 5.26. The maximum atomic E-state index is 9.06. The number of halogens is 1. The van der Waals surface area contributed by atoms with Gasteiger partial charge in [-0.05, 0) is 17.6 Å². The predicted octanol–water partition coefficient (Wildman–Crippen LogP) is -0.375. The largest absolute Gasteiger partial charge is 0.488 e. The lowest BCUT2D eigenvalue weighted by Gasteiger charge is -2.29. The molecule has 1 aliphatic rings. The molecule has 0 unspecified atom stereocenters. The highest BCUT2D eigenvalue weighted by atomic mass is 35.5. The molecule has 16 heavy (non-hydrogen) atoms. The highest BCUT2D eigenvalue weighted by Crippen LogP contribution is 2.13. The first-order valence-corrected chi connectivity index (χ1v) is 5.06. The minimum atomic E-state index is -1.40. The number of morpholine rings is 1. The van der Waals surface area contributed by atoms with E-state index in [4.69, 9.17) is 14.8 Å². The van der Waals surface area contributed by atoms with Gasteiger partial charge in [0.25, 0.3) is 0 Å². The van der Waals surface area contributed by atoms with E-state index in [-0.39, 0.29) is 12.4 Å². The van der Waals surface area contributed by atoms with Gasteiger partial charge < -0.3 is 19.7 Å². The first kappa shape index (κ1) is 13.3. The summed E-state index contributed by atoms with van der Waals surface area (Å²) in [6.07, 6.45) is 0. The maximum absolute atomic E-state index is 9.06. The summed E-state index contributed by atoms with van der Waals surface area (Å²) in [4.78, 5) is 2.18. The molecule has 0 atom stereocenters. The molecular weight excluding hydrogens is 228 g/mol. The van der Waals surface area contributed by atoms with Crippen molar-refractivity contribution in [3.05, 3.63) is 24.3 Å². The Labute approximate surface area is 101 Å². The van der Waals surface area contributed by atoms with E-state index in [1.54, 1.807) is 12.1 Å². The van der Waals surface area contributed by atoms with Gasteiger partial charge in [-0.3, -0.25) is 0 Å². The van der Waals surface area contributed by atoms with E-state index < -0.39 is 7.12 Å². The Bertz CT molecular complexity index is 332. The lowest BCUT2D eigenvalue weighted by molar-refractivity contribution is 0.122. The number of rotatable bonds is 2.